The summed E-state index contributed by atoms with van der Waals surface area (Å²) in [7, 11) is 0. The smallest absolute Gasteiger partial charge is 0.411 e. The maximum atomic E-state index is 10.3. The van der Waals surface area contributed by atoms with Gasteiger partial charge >= 0.3 is 6.09 Å². The number of carbonyl (C=O) groups is 1. The molecule has 0 saturated carbocycles. The van der Waals surface area contributed by atoms with Gasteiger partial charge in [0.05, 0.1) is 6.54 Å². The predicted octanol–water partition coefficient (Wildman–Crippen LogP) is 1.77. The van der Waals surface area contributed by atoms with Crippen LogP contribution >= 0.6 is 15.9 Å². The first kappa shape index (κ1) is 7.34. The maximum absolute atomic E-state index is 10.3. The van der Waals surface area contributed by atoms with Gasteiger partial charge < -0.3 is 5.11 Å². The normalized spacial score (nSPS) is 16.9. The van der Waals surface area contributed by atoms with Crippen LogP contribution in [0.2, 0.25) is 0 Å². The second-order valence-corrected chi connectivity index (χ2v) is 2.88. The molecule has 1 rings (SSSR count). The van der Waals surface area contributed by atoms with Gasteiger partial charge in [-0.3, -0.25) is 4.90 Å². The van der Waals surface area contributed by atoms with E-state index in [4.69, 9.17) is 5.11 Å². The molecule has 1 amide bonds. The van der Waals surface area contributed by atoms with Crippen molar-refractivity contribution in [3.05, 3.63) is 22.8 Å². The molecular weight excluding hydrogens is 198 g/mol. The van der Waals surface area contributed by atoms with Gasteiger partial charge in [-0.15, -0.1) is 0 Å². The van der Waals surface area contributed by atoms with Crippen LogP contribution in [0.3, 0.4) is 0 Å². The Morgan fingerprint density at radius 3 is 2.90 bits per heavy atom. The third-order valence-electron chi connectivity index (χ3n) is 1.11. The van der Waals surface area contributed by atoms with E-state index in [1.54, 1.807) is 6.08 Å². The Balaban J connectivity index is 2.64. The van der Waals surface area contributed by atoms with Gasteiger partial charge in [-0.2, -0.15) is 0 Å². The fraction of sp³-hybridized carbons (Fsp3) is 0.167. The van der Waals surface area contributed by atoms with Crippen molar-refractivity contribution in [2.45, 2.75) is 0 Å². The summed E-state index contributed by atoms with van der Waals surface area (Å²) in [6, 6.07) is 0. The van der Waals surface area contributed by atoms with E-state index >= 15 is 0 Å². The van der Waals surface area contributed by atoms with Crippen LogP contribution in [-0.4, -0.2) is 22.6 Å². The van der Waals surface area contributed by atoms with Gasteiger partial charge in [0.2, 0.25) is 0 Å². The number of rotatable bonds is 0. The maximum Gasteiger partial charge on any atom is 0.411 e. The molecule has 1 heterocycles. The van der Waals surface area contributed by atoms with Crippen molar-refractivity contribution in [2.75, 3.05) is 6.54 Å². The first-order valence-corrected chi connectivity index (χ1v) is 3.52. The second-order valence-electron chi connectivity index (χ2n) is 1.87. The van der Waals surface area contributed by atoms with E-state index in [0.717, 1.165) is 4.48 Å². The highest BCUT2D eigenvalue weighted by Gasteiger charge is 2.10. The second kappa shape index (κ2) is 2.88. The van der Waals surface area contributed by atoms with Crippen molar-refractivity contribution in [1.29, 1.82) is 0 Å². The van der Waals surface area contributed by atoms with Crippen molar-refractivity contribution in [1.82, 2.24) is 4.90 Å². The van der Waals surface area contributed by atoms with Crippen LogP contribution in [-0.2, 0) is 0 Å². The van der Waals surface area contributed by atoms with E-state index in [0.29, 0.717) is 6.54 Å². The Morgan fingerprint density at radius 2 is 2.50 bits per heavy atom. The molecule has 54 valence electrons. The zero-order valence-corrected chi connectivity index (χ0v) is 6.71. The summed E-state index contributed by atoms with van der Waals surface area (Å²) in [6.45, 7) is 0.409. The fourth-order valence-electron chi connectivity index (χ4n) is 0.651. The summed E-state index contributed by atoms with van der Waals surface area (Å²) in [5, 5.41) is 8.48. The molecule has 0 bridgehead atoms. The van der Waals surface area contributed by atoms with E-state index in [9.17, 15) is 4.79 Å². The van der Waals surface area contributed by atoms with Gasteiger partial charge in [0.25, 0.3) is 0 Å². The summed E-state index contributed by atoms with van der Waals surface area (Å²) in [5.74, 6) is 0. The zero-order valence-electron chi connectivity index (χ0n) is 5.12. The molecule has 0 radical (unpaired) electrons. The first-order valence-electron chi connectivity index (χ1n) is 2.72. The highest BCUT2D eigenvalue weighted by Crippen LogP contribution is 2.12. The van der Waals surface area contributed by atoms with Crippen molar-refractivity contribution in [3.63, 3.8) is 0 Å². The highest BCUT2D eigenvalue weighted by molar-refractivity contribution is 9.11. The lowest BCUT2D eigenvalue weighted by Crippen LogP contribution is -2.26. The molecule has 0 fully saturated rings. The Labute approximate surface area is 66.8 Å². The third kappa shape index (κ3) is 1.60. The number of allylic oxidation sites excluding steroid dienone is 2. The van der Waals surface area contributed by atoms with Crippen LogP contribution in [0.15, 0.2) is 22.8 Å². The molecule has 0 saturated heterocycles. The molecule has 4 heteroatoms. The number of halogens is 1. The van der Waals surface area contributed by atoms with Crippen LogP contribution in [0.4, 0.5) is 4.79 Å². The minimum atomic E-state index is -0.929. The standard InChI is InChI=1S/C6H6BrNO2/c7-5-2-1-3-8(4-5)6(9)10/h1-3H,4H2,(H,9,10). The van der Waals surface area contributed by atoms with Crippen molar-refractivity contribution in [2.24, 2.45) is 0 Å². The predicted molar refractivity (Wildman–Crippen MR) is 40.9 cm³/mol. The lowest BCUT2D eigenvalue weighted by atomic mass is 10.4. The van der Waals surface area contributed by atoms with Gasteiger partial charge in [0.15, 0.2) is 0 Å². The van der Waals surface area contributed by atoms with E-state index in [-0.39, 0.29) is 0 Å². The van der Waals surface area contributed by atoms with E-state index < -0.39 is 6.09 Å². The largest absolute Gasteiger partial charge is 0.465 e. The van der Waals surface area contributed by atoms with E-state index in [1.807, 2.05) is 6.08 Å². The molecule has 0 atom stereocenters. The van der Waals surface area contributed by atoms with Crippen LogP contribution in [0.5, 0.6) is 0 Å². The molecule has 0 unspecified atom stereocenters. The monoisotopic (exact) mass is 203 g/mol. The van der Waals surface area contributed by atoms with E-state index in [1.165, 1.54) is 11.1 Å². The SMILES string of the molecule is O=C(O)N1C=CC=C(Br)C1. The van der Waals surface area contributed by atoms with E-state index in [2.05, 4.69) is 15.9 Å². The first-order chi connectivity index (χ1) is 4.70. The molecule has 1 N–H and O–H groups in total. The van der Waals surface area contributed by atoms with Gasteiger partial charge in [-0.1, -0.05) is 15.9 Å². The van der Waals surface area contributed by atoms with Crippen molar-refractivity contribution >= 4 is 22.0 Å². The van der Waals surface area contributed by atoms with Crippen LogP contribution in [0.25, 0.3) is 0 Å². The third-order valence-corrected chi connectivity index (χ3v) is 1.63. The topological polar surface area (TPSA) is 40.5 Å². The van der Waals surface area contributed by atoms with Crippen LogP contribution < -0.4 is 0 Å². The molecule has 0 aromatic rings. The Morgan fingerprint density at radius 1 is 1.80 bits per heavy atom. The minimum Gasteiger partial charge on any atom is -0.465 e. The Bertz CT molecular complexity index is 210. The molecule has 0 aromatic carbocycles. The van der Waals surface area contributed by atoms with Crippen LogP contribution in [0.1, 0.15) is 0 Å². The lowest BCUT2D eigenvalue weighted by molar-refractivity contribution is 0.166. The van der Waals surface area contributed by atoms with Gasteiger partial charge in [-0.05, 0) is 12.2 Å². The average Bonchev–Trinajstić information content (AvgIpc) is 1.88. The van der Waals surface area contributed by atoms with Crippen LogP contribution in [0, 0.1) is 0 Å². The molecule has 3 nitrogen and oxygen atoms in total. The quantitative estimate of drug-likeness (QED) is 0.653. The fourth-order valence-corrected chi connectivity index (χ4v) is 1.07. The highest BCUT2D eigenvalue weighted by atomic mass is 79.9. The summed E-state index contributed by atoms with van der Waals surface area (Å²) in [5.41, 5.74) is 0. The Hall–Kier alpha value is -0.770. The molecule has 1 aliphatic heterocycles. The summed E-state index contributed by atoms with van der Waals surface area (Å²) in [6.07, 6.45) is 4.09. The van der Waals surface area contributed by atoms with Crippen molar-refractivity contribution in [3.8, 4) is 0 Å². The molecule has 0 aliphatic carbocycles. The number of nitrogens with zero attached hydrogens (tertiary/aromatic N) is 1. The summed E-state index contributed by atoms with van der Waals surface area (Å²) in [4.78, 5) is 11.5. The summed E-state index contributed by atoms with van der Waals surface area (Å²) < 4.78 is 0.873. The number of amides is 1. The van der Waals surface area contributed by atoms with Crippen molar-refractivity contribution < 1.29 is 9.90 Å². The number of hydrogen-bond donors (Lipinski definition) is 1. The molecule has 0 aromatic heterocycles. The molecule has 0 spiro atoms. The molecule has 10 heavy (non-hydrogen) atoms. The van der Waals surface area contributed by atoms with Gasteiger partial charge in [0, 0.05) is 10.7 Å². The zero-order chi connectivity index (χ0) is 7.56. The summed E-state index contributed by atoms with van der Waals surface area (Å²) >= 11 is 3.20. The number of hydrogen-bond acceptors (Lipinski definition) is 1. The van der Waals surface area contributed by atoms with Gasteiger partial charge in [0.1, 0.15) is 0 Å². The minimum absolute atomic E-state index is 0.409. The Kier molecular flexibility index (Phi) is 2.11. The molecule has 1 aliphatic rings. The average molecular weight is 204 g/mol. The number of carboxylic acid groups (broad SMARTS) is 1. The lowest BCUT2D eigenvalue weighted by Gasteiger charge is -2.15. The van der Waals surface area contributed by atoms with Gasteiger partial charge in [-0.25, -0.2) is 4.79 Å². The molecular formula is C6H6BrNO2.